The topological polar surface area (TPSA) is 3.24 Å². The van der Waals surface area contributed by atoms with Gasteiger partial charge in [0, 0.05) is 22.4 Å². The molecule has 0 saturated carbocycles. The van der Waals surface area contributed by atoms with Crippen LogP contribution in [0.25, 0.3) is 77.2 Å². The minimum atomic E-state index is -0.0918. The number of hydrogen-bond donors (Lipinski definition) is 0. The molecule has 11 rings (SSSR count). The van der Waals surface area contributed by atoms with Crippen LogP contribution in [0.1, 0.15) is 25.0 Å². The Labute approximate surface area is 352 Å². The van der Waals surface area contributed by atoms with Gasteiger partial charge in [-0.1, -0.05) is 208 Å². The third-order valence-corrected chi connectivity index (χ3v) is 12.7. The predicted octanol–water partition coefficient (Wildman–Crippen LogP) is 16.4. The molecule has 0 radical (unpaired) electrons. The maximum Gasteiger partial charge on any atom is 0.0546 e. The van der Waals surface area contributed by atoms with Crippen molar-refractivity contribution in [3.05, 3.63) is 236 Å². The van der Waals surface area contributed by atoms with Crippen LogP contribution in [0.3, 0.4) is 0 Å². The van der Waals surface area contributed by atoms with Gasteiger partial charge in [-0.2, -0.15) is 0 Å². The lowest BCUT2D eigenvalue weighted by atomic mass is 9.82. The second-order valence-electron chi connectivity index (χ2n) is 16.4. The van der Waals surface area contributed by atoms with Crippen LogP contribution in [0.4, 0.5) is 17.1 Å². The molecular formula is C59H43N. The van der Waals surface area contributed by atoms with Gasteiger partial charge in [-0.15, -0.1) is 0 Å². The summed E-state index contributed by atoms with van der Waals surface area (Å²) in [4.78, 5) is 2.49. The van der Waals surface area contributed by atoms with E-state index in [2.05, 4.69) is 243 Å². The molecule has 1 aliphatic rings. The Morgan fingerprint density at radius 2 is 0.850 bits per heavy atom. The minimum Gasteiger partial charge on any atom is -0.310 e. The summed E-state index contributed by atoms with van der Waals surface area (Å²) in [6.07, 6.45) is 0. The molecule has 0 saturated heterocycles. The lowest BCUT2D eigenvalue weighted by Gasteiger charge is -2.31. The third-order valence-electron chi connectivity index (χ3n) is 12.7. The second-order valence-corrected chi connectivity index (χ2v) is 16.4. The van der Waals surface area contributed by atoms with Crippen molar-refractivity contribution < 1.29 is 0 Å². The lowest BCUT2D eigenvalue weighted by molar-refractivity contribution is 0.660. The smallest absolute Gasteiger partial charge is 0.0546 e. The summed E-state index contributed by atoms with van der Waals surface area (Å²) in [7, 11) is 0. The fourth-order valence-electron chi connectivity index (χ4n) is 9.79. The molecule has 0 fully saturated rings. The van der Waals surface area contributed by atoms with E-state index in [0.717, 1.165) is 17.1 Å². The van der Waals surface area contributed by atoms with Crippen LogP contribution in [-0.2, 0) is 5.41 Å². The van der Waals surface area contributed by atoms with Gasteiger partial charge >= 0.3 is 0 Å². The molecule has 284 valence electrons. The fourth-order valence-corrected chi connectivity index (χ4v) is 9.79. The lowest BCUT2D eigenvalue weighted by Crippen LogP contribution is -2.15. The monoisotopic (exact) mass is 765 g/mol. The number of benzene rings is 10. The zero-order valence-electron chi connectivity index (χ0n) is 33.8. The highest BCUT2D eigenvalue weighted by atomic mass is 15.1. The summed E-state index contributed by atoms with van der Waals surface area (Å²) < 4.78 is 0. The molecular weight excluding hydrogens is 723 g/mol. The van der Waals surface area contributed by atoms with Crippen molar-refractivity contribution in [1.29, 1.82) is 0 Å². The Morgan fingerprint density at radius 1 is 0.317 bits per heavy atom. The van der Waals surface area contributed by atoms with Crippen LogP contribution in [0.5, 0.6) is 0 Å². The average molecular weight is 766 g/mol. The first-order chi connectivity index (χ1) is 29.5. The van der Waals surface area contributed by atoms with Crippen LogP contribution in [0.2, 0.25) is 0 Å². The van der Waals surface area contributed by atoms with Crippen molar-refractivity contribution in [2.75, 3.05) is 4.90 Å². The molecule has 0 amide bonds. The fraction of sp³-hybridized carbons (Fsp3) is 0.0508. The van der Waals surface area contributed by atoms with Gasteiger partial charge in [0.15, 0.2) is 0 Å². The van der Waals surface area contributed by atoms with Crippen LogP contribution < -0.4 is 4.90 Å². The van der Waals surface area contributed by atoms with Gasteiger partial charge in [-0.25, -0.2) is 0 Å². The van der Waals surface area contributed by atoms with E-state index in [1.807, 2.05) is 0 Å². The first-order valence-corrected chi connectivity index (χ1v) is 20.9. The zero-order valence-corrected chi connectivity index (χ0v) is 33.8. The molecule has 60 heavy (non-hydrogen) atoms. The minimum absolute atomic E-state index is 0.0918. The van der Waals surface area contributed by atoms with Crippen LogP contribution in [0, 0.1) is 0 Å². The molecule has 10 aromatic rings. The van der Waals surface area contributed by atoms with Crippen molar-refractivity contribution in [3.63, 3.8) is 0 Å². The summed E-state index contributed by atoms with van der Waals surface area (Å²) >= 11 is 0. The van der Waals surface area contributed by atoms with Crippen molar-refractivity contribution in [2.45, 2.75) is 19.3 Å². The Kier molecular flexibility index (Phi) is 8.57. The molecule has 0 atom stereocenters. The molecule has 1 aliphatic carbocycles. The number of rotatable bonds is 7. The van der Waals surface area contributed by atoms with Crippen LogP contribution >= 0.6 is 0 Å². The zero-order chi connectivity index (χ0) is 40.2. The largest absolute Gasteiger partial charge is 0.310 e. The molecule has 10 aromatic carbocycles. The highest BCUT2D eigenvalue weighted by molar-refractivity contribution is 6.12. The molecule has 1 nitrogen and oxygen atoms in total. The molecule has 0 heterocycles. The molecule has 0 bridgehead atoms. The normalized spacial score (nSPS) is 12.6. The van der Waals surface area contributed by atoms with E-state index in [4.69, 9.17) is 0 Å². The number of anilines is 3. The van der Waals surface area contributed by atoms with Gasteiger partial charge < -0.3 is 4.90 Å². The Morgan fingerprint density at radius 3 is 1.63 bits per heavy atom. The first kappa shape index (κ1) is 35.7. The van der Waals surface area contributed by atoms with E-state index in [9.17, 15) is 0 Å². The molecule has 0 unspecified atom stereocenters. The number of fused-ring (bicyclic) bond motifs is 5. The highest BCUT2D eigenvalue weighted by Crippen LogP contribution is 2.53. The number of nitrogens with zero attached hydrogens (tertiary/aromatic N) is 1. The maximum atomic E-state index is 2.49. The van der Waals surface area contributed by atoms with Crippen molar-refractivity contribution in [2.24, 2.45) is 0 Å². The van der Waals surface area contributed by atoms with Gasteiger partial charge in [-0.3, -0.25) is 0 Å². The van der Waals surface area contributed by atoms with E-state index < -0.39 is 0 Å². The quantitative estimate of drug-likeness (QED) is 0.156. The van der Waals surface area contributed by atoms with E-state index in [0.29, 0.717) is 0 Å². The van der Waals surface area contributed by atoms with E-state index in [-0.39, 0.29) is 5.41 Å². The summed E-state index contributed by atoms with van der Waals surface area (Å²) in [5.74, 6) is 0. The van der Waals surface area contributed by atoms with Gasteiger partial charge in [0.05, 0.1) is 5.69 Å². The first-order valence-electron chi connectivity index (χ1n) is 20.9. The van der Waals surface area contributed by atoms with Crippen molar-refractivity contribution in [3.8, 4) is 55.6 Å². The van der Waals surface area contributed by atoms with E-state index in [1.54, 1.807) is 0 Å². The summed E-state index contributed by atoms with van der Waals surface area (Å²) in [5.41, 5.74) is 18.2. The Hall–Kier alpha value is -7.48. The van der Waals surface area contributed by atoms with Gasteiger partial charge in [0.2, 0.25) is 0 Å². The summed E-state index contributed by atoms with van der Waals surface area (Å²) in [6.45, 7) is 4.71. The van der Waals surface area contributed by atoms with Gasteiger partial charge in [0.1, 0.15) is 0 Å². The molecule has 0 aliphatic heterocycles. The summed E-state index contributed by atoms with van der Waals surface area (Å²) in [5, 5.41) is 4.91. The summed E-state index contributed by atoms with van der Waals surface area (Å²) in [6, 6.07) is 82.6. The van der Waals surface area contributed by atoms with Crippen molar-refractivity contribution in [1.82, 2.24) is 0 Å². The molecule has 1 heteroatoms. The molecule has 0 spiro atoms. The number of hydrogen-bond acceptors (Lipinski definition) is 1. The average Bonchev–Trinajstić information content (AvgIpc) is 3.54. The SMILES string of the molecule is CC1(C)c2ccccc2-c2cc(N(c3ccc(-c4ccccc4)cc3)c3cccc(-c4cccc5ccccc45)c3-c3ccc(-c4ccccc4)c4ccccc34)ccc21. The van der Waals surface area contributed by atoms with Crippen LogP contribution in [0.15, 0.2) is 224 Å². The van der Waals surface area contributed by atoms with Gasteiger partial charge in [0.25, 0.3) is 0 Å². The molecule has 0 N–H and O–H groups in total. The Balaban J connectivity index is 1.22. The standard InChI is InChI=1S/C59H43N/c1-59(2)55-29-14-13-26-51(55)54-39-45(35-38-56(54)59)60(44-33-31-41(32-34-44)40-17-5-3-6-18-40)57-30-16-28-52(49-27-15-22-43-21-9-10-23-46(43)49)58(57)53-37-36-47(42-19-7-4-8-20-42)48-24-11-12-25-50(48)53/h3-39H,1-2H3. The van der Waals surface area contributed by atoms with E-state index in [1.165, 1.54) is 88.3 Å². The highest BCUT2D eigenvalue weighted by Gasteiger charge is 2.36. The predicted molar refractivity (Wildman–Crippen MR) is 255 cm³/mol. The van der Waals surface area contributed by atoms with Gasteiger partial charge in [-0.05, 0) is 113 Å². The van der Waals surface area contributed by atoms with Crippen molar-refractivity contribution >= 4 is 38.6 Å². The van der Waals surface area contributed by atoms with Crippen LogP contribution in [-0.4, -0.2) is 0 Å². The molecule has 0 aromatic heterocycles. The second kappa shape index (κ2) is 14.4. The maximum absolute atomic E-state index is 2.49. The van der Waals surface area contributed by atoms with E-state index >= 15 is 0 Å². The Bertz CT molecular complexity index is 3210. The third kappa shape index (κ3) is 5.85.